The summed E-state index contributed by atoms with van der Waals surface area (Å²) in [6.07, 6.45) is 5.75. The van der Waals surface area contributed by atoms with E-state index in [2.05, 4.69) is 9.97 Å². The number of non-ortho nitro benzene ring substituents is 1. The minimum atomic E-state index is -0.414. The molecule has 1 aliphatic carbocycles. The molecule has 1 unspecified atom stereocenters. The summed E-state index contributed by atoms with van der Waals surface area (Å²) in [6, 6.07) is 6.38. The van der Waals surface area contributed by atoms with Gasteiger partial charge >= 0.3 is 0 Å². The highest BCUT2D eigenvalue weighted by molar-refractivity contribution is 5.59. The smallest absolute Gasteiger partial charge is 0.270 e. The Morgan fingerprint density at radius 2 is 2.19 bits per heavy atom. The number of hydrogen-bond acceptors (Lipinski definition) is 5. The first-order valence-electron chi connectivity index (χ1n) is 7.01. The highest BCUT2D eigenvalue weighted by atomic mass is 16.6. The fourth-order valence-corrected chi connectivity index (χ4v) is 2.65. The minimum Gasteiger partial charge on any atom is -0.324 e. The van der Waals surface area contributed by atoms with Gasteiger partial charge in [-0.15, -0.1) is 0 Å². The first-order chi connectivity index (χ1) is 10.1. The van der Waals surface area contributed by atoms with Crippen molar-refractivity contribution >= 4 is 5.69 Å². The Morgan fingerprint density at radius 1 is 1.33 bits per heavy atom. The summed E-state index contributed by atoms with van der Waals surface area (Å²) >= 11 is 0. The molecule has 21 heavy (non-hydrogen) atoms. The van der Waals surface area contributed by atoms with Crippen LogP contribution in [0, 0.1) is 10.1 Å². The molecule has 2 aromatic rings. The van der Waals surface area contributed by atoms with E-state index in [1.165, 1.54) is 12.1 Å². The molecule has 108 valence electrons. The fourth-order valence-electron chi connectivity index (χ4n) is 2.65. The number of fused-ring (bicyclic) bond motifs is 1. The zero-order valence-electron chi connectivity index (χ0n) is 11.5. The molecule has 1 heterocycles. The molecule has 0 spiro atoms. The van der Waals surface area contributed by atoms with Crippen LogP contribution in [0.3, 0.4) is 0 Å². The number of aryl methyl sites for hydroxylation is 1. The molecule has 0 fully saturated rings. The third-order valence-corrected chi connectivity index (χ3v) is 3.79. The number of rotatable bonds is 2. The Kier molecular flexibility index (Phi) is 3.62. The highest BCUT2D eigenvalue weighted by Crippen LogP contribution is 2.27. The number of nitro benzene ring substituents is 1. The summed E-state index contributed by atoms with van der Waals surface area (Å²) in [5.74, 6) is 0.520. The quantitative estimate of drug-likeness (QED) is 0.519. The van der Waals surface area contributed by atoms with Gasteiger partial charge in [-0.2, -0.15) is 0 Å². The van der Waals surface area contributed by atoms with E-state index in [-0.39, 0.29) is 11.7 Å². The predicted octanol–water partition coefficient (Wildman–Crippen LogP) is 2.78. The van der Waals surface area contributed by atoms with Gasteiger partial charge in [-0.3, -0.25) is 10.1 Å². The van der Waals surface area contributed by atoms with Crippen LogP contribution in [0.1, 0.15) is 36.6 Å². The third-order valence-electron chi connectivity index (χ3n) is 3.79. The van der Waals surface area contributed by atoms with Gasteiger partial charge in [0.15, 0.2) is 5.82 Å². The first-order valence-corrected chi connectivity index (χ1v) is 7.01. The summed E-state index contributed by atoms with van der Waals surface area (Å²) < 4.78 is 0. The van der Waals surface area contributed by atoms with Crippen LogP contribution in [0.15, 0.2) is 30.5 Å². The number of nitro groups is 1. The maximum absolute atomic E-state index is 10.9. The summed E-state index contributed by atoms with van der Waals surface area (Å²) in [5.41, 5.74) is 8.80. The molecule has 6 heteroatoms. The second-order valence-corrected chi connectivity index (χ2v) is 5.26. The zero-order valence-corrected chi connectivity index (χ0v) is 11.5. The molecular formula is C15H16N4O2. The standard InChI is InChI=1S/C15H16N4O2/c16-13-6-1-2-7-14-12(13)9-17-15(18-14)10-4-3-5-11(8-10)19(20)21/h3-5,8-9,13H,1-2,6-7,16H2. The van der Waals surface area contributed by atoms with E-state index in [1.54, 1.807) is 18.3 Å². The number of nitrogens with two attached hydrogens (primary N) is 1. The van der Waals surface area contributed by atoms with E-state index in [0.29, 0.717) is 11.4 Å². The maximum Gasteiger partial charge on any atom is 0.270 e. The number of hydrogen-bond donors (Lipinski definition) is 1. The number of benzene rings is 1. The monoisotopic (exact) mass is 284 g/mol. The second kappa shape index (κ2) is 5.57. The first kappa shape index (κ1) is 13.6. The third kappa shape index (κ3) is 2.75. The van der Waals surface area contributed by atoms with Crippen molar-refractivity contribution in [3.8, 4) is 11.4 Å². The maximum atomic E-state index is 10.9. The molecule has 1 aliphatic rings. The lowest BCUT2D eigenvalue weighted by atomic mass is 10.1. The van der Waals surface area contributed by atoms with Crippen molar-refractivity contribution in [2.75, 3.05) is 0 Å². The molecule has 1 atom stereocenters. The molecule has 6 nitrogen and oxygen atoms in total. The molecule has 0 radical (unpaired) electrons. The van der Waals surface area contributed by atoms with Gasteiger partial charge in [0.1, 0.15) is 0 Å². The predicted molar refractivity (Wildman–Crippen MR) is 78.6 cm³/mol. The van der Waals surface area contributed by atoms with Crippen LogP contribution in [0.4, 0.5) is 5.69 Å². The van der Waals surface area contributed by atoms with Crippen LogP contribution in [0.5, 0.6) is 0 Å². The van der Waals surface area contributed by atoms with Crippen molar-refractivity contribution in [1.29, 1.82) is 0 Å². The topological polar surface area (TPSA) is 94.9 Å². The van der Waals surface area contributed by atoms with Crippen molar-refractivity contribution < 1.29 is 4.92 Å². The highest BCUT2D eigenvalue weighted by Gasteiger charge is 2.18. The Morgan fingerprint density at radius 3 is 3.00 bits per heavy atom. The molecular weight excluding hydrogens is 268 g/mol. The minimum absolute atomic E-state index is 0.0124. The van der Waals surface area contributed by atoms with E-state index in [1.807, 2.05) is 0 Å². The molecule has 0 saturated heterocycles. The SMILES string of the molecule is NC1CCCCc2nc(-c3cccc([N+](=O)[O-])c3)ncc21. The van der Waals surface area contributed by atoms with Gasteiger partial charge in [0.25, 0.3) is 5.69 Å². The molecule has 0 aliphatic heterocycles. The van der Waals surface area contributed by atoms with E-state index >= 15 is 0 Å². The molecule has 1 aromatic heterocycles. The van der Waals surface area contributed by atoms with Gasteiger partial charge < -0.3 is 5.73 Å². The van der Waals surface area contributed by atoms with Gasteiger partial charge in [0.2, 0.25) is 0 Å². The second-order valence-electron chi connectivity index (χ2n) is 5.26. The van der Waals surface area contributed by atoms with Crippen LogP contribution in [0.25, 0.3) is 11.4 Å². The van der Waals surface area contributed by atoms with Crippen LogP contribution >= 0.6 is 0 Å². The zero-order chi connectivity index (χ0) is 14.8. The van der Waals surface area contributed by atoms with E-state index < -0.39 is 4.92 Å². The van der Waals surface area contributed by atoms with Crippen LogP contribution in [0.2, 0.25) is 0 Å². The fraction of sp³-hybridized carbons (Fsp3) is 0.333. The Labute approximate surface area is 122 Å². The normalized spacial score (nSPS) is 17.9. The van der Waals surface area contributed by atoms with Crippen molar-refractivity contribution in [3.63, 3.8) is 0 Å². The van der Waals surface area contributed by atoms with Gasteiger partial charge in [0, 0.05) is 41.2 Å². The molecule has 1 aromatic carbocycles. The van der Waals surface area contributed by atoms with Crippen LogP contribution in [-0.2, 0) is 6.42 Å². The summed E-state index contributed by atoms with van der Waals surface area (Å²) in [7, 11) is 0. The van der Waals surface area contributed by atoms with E-state index in [9.17, 15) is 10.1 Å². The molecule has 0 amide bonds. The summed E-state index contributed by atoms with van der Waals surface area (Å²) in [5, 5.41) is 10.9. The molecule has 0 saturated carbocycles. The largest absolute Gasteiger partial charge is 0.324 e. The van der Waals surface area contributed by atoms with Crippen LogP contribution in [-0.4, -0.2) is 14.9 Å². The lowest BCUT2D eigenvalue weighted by Crippen LogP contribution is -2.12. The van der Waals surface area contributed by atoms with Crippen molar-refractivity contribution in [3.05, 3.63) is 51.8 Å². The molecule has 2 N–H and O–H groups in total. The van der Waals surface area contributed by atoms with Gasteiger partial charge in [-0.1, -0.05) is 18.6 Å². The van der Waals surface area contributed by atoms with Crippen molar-refractivity contribution in [2.45, 2.75) is 31.7 Å². The van der Waals surface area contributed by atoms with Gasteiger partial charge in [-0.25, -0.2) is 9.97 Å². The number of aromatic nitrogens is 2. The number of nitrogens with zero attached hydrogens (tertiary/aromatic N) is 3. The average molecular weight is 284 g/mol. The Balaban J connectivity index is 2.02. The van der Waals surface area contributed by atoms with E-state index in [0.717, 1.165) is 36.9 Å². The summed E-state index contributed by atoms with van der Waals surface area (Å²) in [4.78, 5) is 19.4. The van der Waals surface area contributed by atoms with Gasteiger partial charge in [0.05, 0.1) is 4.92 Å². The Bertz CT molecular complexity index is 687. The molecule has 3 rings (SSSR count). The average Bonchev–Trinajstić information content (AvgIpc) is 2.69. The van der Waals surface area contributed by atoms with Crippen LogP contribution < -0.4 is 5.73 Å². The summed E-state index contributed by atoms with van der Waals surface area (Å²) in [6.45, 7) is 0. The lowest BCUT2D eigenvalue weighted by Gasteiger charge is -2.12. The van der Waals surface area contributed by atoms with E-state index in [4.69, 9.17) is 5.73 Å². The van der Waals surface area contributed by atoms with Crippen molar-refractivity contribution in [1.82, 2.24) is 9.97 Å². The lowest BCUT2D eigenvalue weighted by molar-refractivity contribution is -0.384. The molecule has 0 bridgehead atoms. The van der Waals surface area contributed by atoms with Crippen molar-refractivity contribution in [2.24, 2.45) is 5.73 Å². The Hall–Kier alpha value is -2.34. The van der Waals surface area contributed by atoms with Gasteiger partial charge in [-0.05, 0) is 19.3 Å².